The minimum atomic E-state index is -1.20. The topological polar surface area (TPSA) is 126 Å². The number of rotatable bonds is 4. The third-order valence-corrected chi connectivity index (χ3v) is 4.55. The number of aliphatic hydroxyl groups excluding tert-OH is 3. The fourth-order valence-corrected chi connectivity index (χ4v) is 3.08. The van der Waals surface area contributed by atoms with E-state index in [4.69, 9.17) is 4.74 Å². The summed E-state index contributed by atoms with van der Waals surface area (Å²) in [5.41, 5.74) is 2.91. The molecular weight excluding hydrogens is 338 g/mol. The quantitative estimate of drug-likeness (QED) is 0.532. The summed E-state index contributed by atoms with van der Waals surface area (Å²) in [6.07, 6.45) is -1.28. The van der Waals surface area contributed by atoms with E-state index in [9.17, 15) is 15.3 Å². The normalized spacial score (nSPS) is 25.7. The Morgan fingerprint density at radius 3 is 2.69 bits per heavy atom. The molecule has 4 atom stereocenters. The van der Waals surface area contributed by atoms with Crippen molar-refractivity contribution in [2.45, 2.75) is 31.5 Å². The summed E-state index contributed by atoms with van der Waals surface area (Å²) >= 11 is 0. The fourth-order valence-electron chi connectivity index (χ4n) is 3.08. The van der Waals surface area contributed by atoms with Gasteiger partial charge in [-0.3, -0.25) is 4.57 Å². The molecule has 9 heteroatoms. The molecular formula is C17H19N5O4. The number of hydrogen-bond donors (Lipinski definition) is 4. The molecule has 136 valence electrons. The molecule has 1 saturated heterocycles. The first-order valence-corrected chi connectivity index (χ1v) is 8.23. The molecule has 1 aliphatic rings. The van der Waals surface area contributed by atoms with Crippen LogP contribution in [0.2, 0.25) is 0 Å². The third-order valence-electron chi connectivity index (χ3n) is 4.55. The maximum absolute atomic E-state index is 10.2. The van der Waals surface area contributed by atoms with Crippen LogP contribution in [0.1, 0.15) is 11.8 Å². The number of para-hydroxylation sites is 1. The standard InChI is InChI=1S/C17H19N5O4/c1-9-4-2-3-5-10(9)21-15-12-16(19-7-18-15)22(8-20-12)17-14(25)13(24)11(6-23)26-17/h2-5,7-8,11,13-14,17,23-25H,6H2,1H3,(H,18,19,21)/t11-,13-,14-,17-/m1/s1. The Morgan fingerprint density at radius 2 is 1.96 bits per heavy atom. The number of fused-ring (bicyclic) bond motifs is 1. The van der Waals surface area contributed by atoms with Gasteiger partial charge in [-0.25, -0.2) is 15.0 Å². The molecule has 3 heterocycles. The largest absolute Gasteiger partial charge is 0.394 e. The molecule has 0 amide bonds. The number of imidazole rings is 1. The van der Waals surface area contributed by atoms with Crippen molar-refractivity contribution in [1.82, 2.24) is 19.5 Å². The van der Waals surface area contributed by atoms with Gasteiger partial charge in [-0.05, 0) is 18.6 Å². The van der Waals surface area contributed by atoms with Crippen LogP contribution in [-0.4, -0.2) is 59.8 Å². The van der Waals surface area contributed by atoms with Crippen molar-refractivity contribution in [2.24, 2.45) is 0 Å². The Labute approximate surface area is 148 Å². The predicted molar refractivity (Wildman–Crippen MR) is 92.8 cm³/mol. The van der Waals surface area contributed by atoms with E-state index in [0.717, 1.165) is 11.3 Å². The number of anilines is 2. The third kappa shape index (κ3) is 2.71. The Hall–Kier alpha value is -2.59. The number of aromatic nitrogens is 4. The Bertz CT molecular complexity index is 930. The lowest BCUT2D eigenvalue weighted by atomic mass is 10.1. The molecule has 0 saturated carbocycles. The van der Waals surface area contributed by atoms with Crippen molar-refractivity contribution < 1.29 is 20.1 Å². The van der Waals surface area contributed by atoms with Crippen LogP contribution in [-0.2, 0) is 4.74 Å². The van der Waals surface area contributed by atoms with Gasteiger partial charge in [0.1, 0.15) is 24.6 Å². The summed E-state index contributed by atoms with van der Waals surface area (Å²) in [6.45, 7) is 1.59. The number of nitrogens with zero attached hydrogens (tertiary/aromatic N) is 4. The molecule has 0 spiro atoms. The molecule has 0 radical (unpaired) electrons. The Morgan fingerprint density at radius 1 is 1.15 bits per heavy atom. The molecule has 1 aliphatic heterocycles. The van der Waals surface area contributed by atoms with E-state index in [2.05, 4.69) is 20.3 Å². The predicted octanol–water partition coefficient (Wildman–Crippen LogP) is 0.490. The summed E-state index contributed by atoms with van der Waals surface area (Å²) in [6, 6.07) is 7.79. The second-order valence-corrected chi connectivity index (χ2v) is 6.22. The van der Waals surface area contributed by atoms with Crippen LogP contribution in [0.5, 0.6) is 0 Å². The zero-order chi connectivity index (χ0) is 18.3. The Kier molecular flexibility index (Phi) is 4.29. The van der Waals surface area contributed by atoms with Gasteiger partial charge in [-0.2, -0.15) is 0 Å². The van der Waals surface area contributed by atoms with Crippen LogP contribution >= 0.6 is 0 Å². The SMILES string of the molecule is Cc1ccccc1Nc1ncnc2c1ncn2[C@@H]1O[C@H](CO)[C@@H](O)[C@H]1O. The number of nitrogens with one attached hydrogen (secondary N) is 1. The van der Waals surface area contributed by atoms with Crippen molar-refractivity contribution in [3.63, 3.8) is 0 Å². The van der Waals surface area contributed by atoms with Crippen LogP contribution in [0.4, 0.5) is 11.5 Å². The van der Waals surface area contributed by atoms with Gasteiger partial charge in [-0.15, -0.1) is 0 Å². The molecule has 0 bridgehead atoms. The van der Waals surface area contributed by atoms with E-state index in [-0.39, 0.29) is 0 Å². The summed E-state index contributed by atoms with van der Waals surface area (Å²) in [4.78, 5) is 12.8. The van der Waals surface area contributed by atoms with Gasteiger partial charge in [-0.1, -0.05) is 18.2 Å². The molecule has 26 heavy (non-hydrogen) atoms. The maximum atomic E-state index is 10.2. The van der Waals surface area contributed by atoms with Gasteiger partial charge < -0.3 is 25.4 Å². The highest BCUT2D eigenvalue weighted by Gasteiger charge is 2.44. The number of benzene rings is 1. The molecule has 1 aromatic carbocycles. The van der Waals surface area contributed by atoms with Crippen LogP contribution < -0.4 is 5.32 Å². The second kappa shape index (κ2) is 6.61. The van der Waals surface area contributed by atoms with E-state index in [1.807, 2.05) is 31.2 Å². The van der Waals surface area contributed by atoms with Crippen LogP contribution in [0, 0.1) is 6.92 Å². The fraction of sp³-hybridized carbons (Fsp3) is 0.353. The molecule has 4 N–H and O–H groups in total. The monoisotopic (exact) mass is 357 g/mol. The minimum absolute atomic E-state index is 0.392. The van der Waals surface area contributed by atoms with E-state index in [1.54, 1.807) is 0 Å². The number of hydrogen-bond acceptors (Lipinski definition) is 8. The van der Waals surface area contributed by atoms with Gasteiger partial charge in [0.25, 0.3) is 0 Å². The van der Waals surface area contributed by atoms with E-state index >= 15 is 0 Å². The molecule has 3 aromatic rings. The second-order valence-electron chi connectivity index (χ2n) is 6.22. The summed E-state index contributed by atoms with van der Waals surface area (Å²) < 4.78 is 7.09. The average molecular weight is 357 g/mol. The Balaban J connectivity index is 1.71. The van der Waals surface area contributed by atoms with Gasteiger partial charge >= 0.3 is 0 Å². The van der Waals surface area contributed by atoms with Crippen molar-refractivity contribution in [3.8, 4) is 0 Å². The lowest BCUT2D eigenvalue weighted by molar-refractivity contribution is -0.0511. The highest BCUT2D eigenvalue weighted by Crippen LogP contribution is 2.32. The zero-order valence-electron chi connectivity index (χ0n) is 14.0. The summed E-state index contributed by atoms with van der Waals surface area (Å²) in [5, 5.41) is 32.7. The summed E-state index contributed by atoms with van der Waals surface area (Å²) in [5.74, 6) is 0.523. The number of ether oxygens (including phenoxy) is 1. The van der Waals surface area contributed by atoms with Crippen LogP contribution in [0.3, 0.4) is 0 Å². The highest BCUT2D eigenvalue weighted by molar-refractivity contribution is 5.85. The lowest BCUT2D eigenvalue weighted by Crippen LogP contribution is -2.33. The first kappa shape index (κ1) is 16.9. The lowest BCUT2D eigenvalue weighted by Gasteiger charge is -2.16. The highest BCUT2D eigenvalue weighted by atomic mass is 16.6. The van der Waals surface area contributed by atoms with Crippen LogP contribution in [0.25, 0.3) is 11.2 Å². The van der Waals surface area contributed by atoms with Crippen LogP contribution in [0.15, 0.2) is 36.9 Å². The molecule has 2 aromatic heterocycles. The minimum Gasteiger partial charge on any atom is -0.394 e. The van der Waals surface area contributed by atoms with Gasteiger partial charge in [0.15, 0.2) is 23.2 Å². The average Bonchev–Trinajstić information content (AvgIpc) is 3.19. The molecule has 4 rings (SSSR count). The smallest absolute Gasteiger partial charge is 0.167 e. The zero-order valence-corrected chi connectivity index (χ0v) is 14.0. The van der Waals surface area contributed by atoms with Gasteiger partial charge in [0, 0.05) is 5.69 Å². The van der Waals surface area contributed by atoms with Crippen molar-refractivity contribution >= 4 is 22.7 Å². The van der Waals surface area contributed by atoms with Gasteiger partial charge in [0.05, 0.1) is 12.9 Å². The molecule has 0 aliphatic carbocycles. The summed E-state index contributed by atoms with van der Waals surface area (Å²) in [7, 11) is 0. The van der Waals surface area contributed by atoms with E-state index in [1.165, 1.54) is 17.2 Å². The first-order valence-electron chi connectivity index (χ1n) is 8.23. The van der Waals surface area contributed by atoms with E-state index < -0.39 is 31.1 Å². The van der Waals surface area contributed by atoms with Crippen molar-refractivity contribution in [1.29, 1.82) is 0 Å². The molecule has 1 fully saturated rings. The van der Waals surface area contributed by atoms with E-state index in [0.29, 0.717) is 17.0 Å². The maximum Gasteiger partial charge on any atom is 0.167 e. The van der Waals surface area contributed by atoms with Gasteiger partial charge in [0.2, 0.25) is 0 Å². The van der Waals surface area contributed by atoms with Crippen molar-refractivity contribution in [2.75, 3.05) is 11.9 Å². The molecule has 9 nitrogen and oxygen atoms in total. The number of aliphatic hydroxyl groups is 3. The van der Waals surface area contributed by atoms with Crippen molar-refractivity contribution in [3.05, 3.63) is 42.5 Å². The first-order chi connectivity index (χ1) is 12.6. The molecule has 0 unspecified atom stereocenters. The number of aryl methyl sites for hydroxylation is 1.